The van der Waals surface area contributed by atoms with Crippen molar-refractivity contribution in [3.05, 3.63) is 91.4 Å². The summed E-state index contributed by atoms with van der Waals surface area (Å²) in [6, 6.07) is 2.25. The van der Waals surface area contributed by atoms with E-state index in [-0.39, 0.29) is 29.0 Å². The van der Waals surface area contributed by atoms with Crippen molar-refractivity contribution in [3.8, 4) is 23.0 Å². The molecule has 1 amide bonds. The van der Waals surface area contributed by atoms with Gasteiger partial charge in [-0.1, -0.05) is 37.5 Å². The first-order valence-corrected chi connectivity index (χ1v) is 18.5. The summed E-state index contributed by atoms with van der Waals surface area (Å²) in [4.78, 5) is 42.3. The highest BCUT2D eigenvalue weighted by atomic mass is 19.4. The predicted octanol–water partition coefficient (Wildman–Crippen LogP) is 8.62. The minimum Gasteiger partial charge on any atom is -0.481 e. The fourth-order valence-corrected chi connectivity index (χ4v) is 7.91. The number of nitrogens with zero attached hydrogens (tertiary/aromatic N) is 2. The number of aryl methyl sites for hydroxylation is 3. The number of halogens is 5. The van der Waals surface area contributed by atoms with Crippen LogP contribution >= 0.6 is 0 Å². The number of pyridine rings is 1. The highest BCUT2D eigenvalue weighted by Crippen LogP contribution is 2.41. The van der Waals surface area contributed by atoms with E-state index in [4.69, 9.17) is 0 Å². The molecule has 2 fully saturated rings. The van der Waals surface area contributed by atoms with Gasteiger partial charge in [-0.3, -0.25) is 14.4 Å². The number of hydrogen-bond donors (Lipinski definition) is 2. The Hall–Kier alpha value is -4.50. The van der Waals surface area contributed by atoms with Crippen LogP contribution in [-0.4, -0.2) is 46.1 Å². The molecule has 54 heavy (non-hydrogen) atoms. The summed E-state index contributed by atoms with van der Waals surface area (Å²) in [6.07, 6.45) is -1.49. The molecule has 12 heteroatoms. The summed E-state index contributed by atoms with van der Waals surface area (Å²) in [5.74, 6) is 0.390. The quantitative estimate of drug-likeness (QED) is 0.143. The summed E-state index contributed by atoms with van der Waals surface area (Å²) in [6.45, 7) is 12.5. The van der Waals surface area contributed by atoms with E-state index in [2.05, 4.69) is 22.1 Å². The number of piperidine rings is 1. The minimum atomic E-state index is -4.82. The Labute approximate surface area is 313 Å². The lowest BCUT2D eigenvalue weighted by Crippen LogP contribution is -2.41. The molecular weight excluding hydrogens is 705 g/mol. The Morgan fingerprint density at radius 3 is 2.15 bits per heavy atom. The molecule has 0 unspecified atom stereocenters. The van der Waals surface area contributed by atoms with E-state index in [1.165, 1.54) is 13.0 Å². The molecule has 1 saturated heterocycles. The molecule has 2 N–H and O–H groups in total. The molecule has 1 aromatic heterocycles. The predicted molar refractivity (Wildman–Crippen MR) is 197 cm³/mol. The van der Waals surface area contributed by atoms with Crippen LogP contribution in [0.25, 0.3) is 11.1 Å². The van der Waals surface area contributed by atoms with Crippen molar-refractivity contribution in [2.75, 3.05) is 19.6 Å². The molecule has 1 aliphatic carbocycles. The van der Waals surface area contributed by atoms with Gasteiger partial charge in [0.25, 0.3) is 5.56 Å². The molecule has 2 heterocycles. The maximum Gasteiger partial charge on any atom is 0.416 e. The van der Waals surface area contributed by atoms with Crippen LogP contribution in [0.2, 0.25) is 0 Å². The number of rotatable bonds is 12. The van der Waals surface area contributed by atoms with E-state index in [0.717, 1.165) is 35.7 Å². The molecule has 1 aliphatic heterocycles. The van der Waals surface area contributed by atoms with Crippen LogP contribution in [0.3, 0.4) is 0 Å². The Morgan fingerprint density at radius 1 is 0.981 bits per heavy atom. The van der Waals surface area contributed by atoms with Crippen LogP contribution in [0.15, 0.2) is 35.3 Å². The zero-order valence-electron chi connectivity index (χ0n) is 31.6. The third-order valence-corrected chi connectivity index (χ3v) is 10.5. The van der Waals surface area contributed by atoms with Gasteiger partial charge in [-0.05, 0) is 119 Å². The Kier molecular flexibility index (Phi) is 12.4. The highest BCUT2D eigenvalue weighted by Gasteiger charge is 2.39. The average molecular weight is 754 g/mol. The zero-order chi connectivity index (χ0) is 39.6. The fraction of sp³-hybridized carbons (Fsp3) is 0.500. The second-order valence-corrected chi connectivity index (χ2v) is 15.4. The third-order valence-electron chi connectivity index (χ3n) is 10.5. The smallest absolute Gasteiger partial charge is 0.416 e. The number of carboxylic acids is 1. The lowest BCUT2D eigenvalue weighted by atomic mass is 9.87. The highest BCUT2D eigenvalue weighted by molar-refractivity contribution is 5.82. The SMILES string of the molecule is CC#Cc1cc(-c2c(C)cc(C)cc2C)c(F)c([C@@H](CC(=O)O)NC(=O)[C@@H](CC(C)C)n2cc(C3CCN(CC4CC4)CC3)c(C(F)(F)F)cc2=O)c1F. The monoisotopic (exact) mass is 753 g/mol. The number of aromatic nitrogens is 1. The van der Waals surface area contributed by atoms with Crippen LogP contribution in [0.5, 0.6) is 0 Å². The van der Waals surface area contributed by atoms with Gasteiger partial charge in [0, 0.05) is 29.9 Å². The number of aliphatic carboxylic acids is 1. The van der Waals surface area contributed by atoms with Gasteiger partial charge in [0.15, 0.2) is 0 Å². The number of likely N-dealkylation sites (tertiary alicyclic amines) is 1. The molecule has 2 aliphatic rings. The molecule has 3 aromatic rings. The molecule has 0 radical (unpaired) electrons. The largest absolute Gasteiger partial charge is 0.481 e. The maximum atomic E-state index is 16.8. The van der Waals surface area contributed by atoms with Gasteiger partial charge < -0.3 is 19.9 Å². The summed E-state index contributed by atoms with van der Waals surface area (Å²) in [5, 5.41) is 12.4. The number of alkyl halides is 3. The van der Waals surface area contributed by atoms with Gasteiger partial charge in [0.05, 0.1) is 23.6 Å². The van der Waals surface area contributed by atoms with Crippen molar-refractivity contribution in [2.45, 2.75) is 104 Å². The molecule has 290 valence electrons. The fourth-order valence-electron chi connectivity index (χ4n) is 7.91. The summed E-state index contributed by atoms with van der Waals surface area (Å²) in [5.41, 5.74) is -0.440. The summed E-state index contributed by atoms with van der Waals surface area (Å²) >= 11 is 0. The van der Waals surface area contributed by atoms with E-state index < -0.39 is 70.8 Å². The van der Waals surface area contributed by atoms with Gasteiger partial charge in [0.1, 0.15) is 17.7 Å². The number of carbonyl (C=O) groups excluding carboxylic acids is 1. The molecule has 1 saturated carbocycles. The summed E-state index contributed by atoms with van der Waals surface area (Å²) < 4.78 is 77.3. The van der Waals surface area contributed by atoms with Gasteiger partial charge in [-0.15, -0.1) is 5.92 Å². The van der Waals surface area contributed by atoms with Gasteiger partial charge >= 0.3 is 12.1 Å². The van der Waals surface area contributed by atoms with Crippen LogP contribution in [0, 0.1) is 56.1 Å². The number of carboxylic acid groups (broad SMARTS) is 1. The van der Waals surface area contributed by atoms with E-state index >= 15 is 8.78 Å². The lowest BCUT2D eigenvalue weighted by molar-refractivity contribution is -0.139. The number of amides is 1. The average Bonchev–Trinajstić information content (AvgIpc) is 3.89. The minimum absolute atomic E-state index is 0.0323. The molecule has 2 atom stereocenters. The second-order valence-electron chi connectivity index (χ2n) is 15.4. The van der Waals surface area contributed by atoms with Gasteiger partial charge in [-0.25, -0.2) is 8.78 Å². The van der Waals surface area contributed by atoms with E-state index in [0.29, 0.717) is 54.6 Å². The van der Waals surface area contributed by atoms with E-state index in [1.807, 2.05) is 19.1 Å². The van der Waals surface area contributed by atoms with Gasteiger partial charge in [-0.2, -0.15) is 13.2 Å². The van der Waals surface area contributed by atoms with Crippen LogP contribution in [0.1, 0.15) is 116 Å². The molecule has 0 spiro atoms. The number of benzene rings is 2. The maximum absolute atomic E-state index is 16.8. The first-order chi connectivity index (χ1) is 25.4. The molecule has 7 nitrogen and oxygen atoms in total. The Bertz CT molecular complexity index is 2010. The van der Waals surface area contributed by atoms with Crippen LogP contribution in [-0.2, 0) is 15.8 Å². The Morgan fingerprint density at radius 2 is 1.61 bits per heavy atom. The normalized spacial score (nSPS) is 16.5. The number of nitrogens with one attached hydrogen (secondary N) is 1. The number of hydrogen-bond acceptors (Lipinski definition) is 4. The zero-order valence-corrected chi connectivity index (χ0v) is 31.6. The van der Waals surface area contributed by atoms with E-state index in [1.54, 1.807) is 27.7 Å². The Balaban J connectivity index is 1.59. The lowest BCUT2D eigenvalue weighted by Gasteiger charge is -2.34. The van der Waals surface area contributed by atoms with Crippen molar-refractivity contribution in [2.24, 2.45) is 11.8 Å². The van der Waals surface area contributed by atoms with Crippen molar-refractivity contribution in [1.29, 1.82) is 0 Å². The first-order valence-electron chi connectivity index (χ1n) is 18.5. The van der Waals surface area contributed by atoms with E-state index in [9.17, 15) is 32.7 Å². The summed E-state index contributed by atoms with van der Waals surface area (Å²) in [7, 11) is 0. The van der Waals surface area contributed by atoms with Gasteiger partial charge in [0.2, 0.25) is 5.91 Å². The standard InChI is InChI=1S/C42H48F5N3O4/c1-7-8-29-18-30(37-25(5)16-24(4)17-26(37)6)40(44)38(39(29)43)33(20-36(52)53)48-41(54)34(15-23(2)3)50-22-31(32(19-35(50)51)42(45,46)47)28-11-13-49(14-12-28)21-27-9-10-27/h16-19,22-23,27-28,33-34H,9-15,20-21H2,1-6H3,(H,48,54)(H,52,53)/t33-,34-/m1/s1. The van der Waals surface area contributed by atoms with Crippen molar-refractivity contribution in [3.63, 3.8) is 0 Å². The molecule has 0 bridgehead atoms. The van der Waals surface area contributed by atoms with Crippen molar-refractivity contribution >= 4 is 11.9 Å². The molecular formula is C42H48F5N3O4. The second kappa shape index (κ2) is 16.5. The van der Waals surface area contributed by atoms with Crippen LogP contribution < -0.4 is 10.9 Å². The number of carbonyl (C=O) groups is 2. The first kappa shape index (κ1) is 40.7. The van der Waals surface area contributed by atoms with Crippen LogP contribution in [0.4, 0.5) is 22.0 Å². The van der Waals surface area contributed by atoms with Crippen molar-refractivity contribution in [1.82, 2.24) is 14.8 Å². The van der Waals surface area contributed by atoms with Crippen molar-refractivity contribution < 1.29 is 36.6 Å². The molecule has 2 aromatic carbocycles. The molecule has 5 rings (SSSR count). The topological polar surface area (TPSA) is 91.6 Å². The third kappa shape index (κ3) is 9.23.